The van der Waals surface area contributed by atoms with Gasteiger partial charge in [-0.15, -0.1) is 0 Å². The molecule has 0 fully saturated rings. The Bertz CT molecular complexity index is 780. The van der Waals surface area contributed by atoms with Gasteiger partial charge >= 0.3 is 5.97 Å². The van der Waals surface area contributed by atoms with E-state index >= 15 is 0 Å². The van der Waals surface area contributed by atoms with Gasteiger partial charge < -0.3 is 10.1 Å². The number of esters is 1. The molecule has 2 aromatic carbocycles. The van der Waals surface area contributed by atoms with Gasteiger partial charge in [0.05, 0.1) is 0 Å². The maximum absolute atomic E-state index is 12.1. The summed E-state index contributed by atoms with van der Waals surface area (Å²) in [7, 11) is 0. The van der Waals surface area contributed by atoms with Gasteiger partial charge in [-0.2, -0.15) is 0 Å². The smallest absolute Gasteiger partial charge is 0.331 e. The molecule has 0 saturated carbocycles. The van der Waals surface area contributed by atoms with Gasteiger partial charge in [-0.05, 0) is 54.3 Å². The molecule has 0 aliphatic rings. The minimum Gasteiger partial charge on any atom is -0.449 e. The molecular weight excluding hydrogens is 350 g/mol. The van der Waals surface area contributed by atoms with Gasteiger partial charge in [0.25, 0.3) is 5.91 Å². The van der Waals surface area contributed by atoms with Crippen LogP contribution in [0.25, 0.3) is 6.08 Å². The molecule has 0 spiro atoms. The first-order chi connectivity index (χ1) is 12.3. The average Bonchev–Trinajstić information content (AvgIpc) is 2.62. The standard InChI is InChI=1S/C21H22ClNO3/c1-14(2)17-7-4-16(5-8-17)6-13-20(24)26-15(3)21(25)23-19-11-9-18(22)10-12-19/h4-15H,1-3H3,(H,23,25)/b13-6+/t15-/m0/s1. The third-order valence-electron chi connectivity index (χ3n) is 3.79. The first-order valence-electron chi connectivity index (χ1n) is 8.40. The summed E-state index contributed by atoms with van der Waals surface area (Å²) in [6.07, 6.45) is 2.07. The summed E-state index contributed by atoms with van der Waals surface area (Å²) in [4.78, 5) is 24.0. The van der Waals surface area contributed by atoms with Gasteiger partial charge in [0, 0.05) is 16.8 Å². The van der Waals surface area contributed by atoms with Crippen LogP contribution in [-0.2, 0) is 14.3 Å². The fourth-order valence-corrected chi connectivity index (χ4v) is 2.33. The van der Waals surface area contributed by atoms with E-state index in [0.29, 0.717) is 16.6 Å². The molecule has 0 aromatic heterocycles. The predicted octanol–water partition coefficient (Wildman–Crippen LogP) is 5.05. The first-order valence-corrected chi connectivity index (χ1v) is 8.78. The average molecular weight is 372 g/mol. The molecule has 4 nitrogen and oxygen atoms in total. The Morgan fingerprint density at radius 3 is 2.19 bits per heavy atom. The molecule has 0 unspecified atom stereocenters. The zero-order valence-corrected chi connectivity index (χ0v) is 15.8. The summed E-state index contributed by atoms with van der Waals surface area (Å²) in [5.41, 5.74) is 2.71. The number of carbonyl (C=O) groups excluding carboxylic acids is 2. The fraction of sp³-hybridized carbons (Fsp3) is 0.238. The lowest BCUT2D eigenvalue weighted by Gasteiger charge is -2.12. The Morgan fingerprint density at radius 2 is 1.62 bits per heavy atom. The van der Waals surface area contributed by atoms with Gasteiger partial charge in [-0.1, -0.05) is 49.7 Å². The molecule has 0 radical (unpaired) electrons. The number of nitrogens with one attached hydrogen (secondary N) is 1. The lowest BCUT2D eigenvalue weighted by atomic mass is 10.0. The first kappa shape index (κ1) is 19.7. The van der Waals surface area contributed by atoms with Crippen LogP contribution in [0.4, 0.5) is 5.69 Å². The van der Waals surface area contributed by atoms with Crippen molar-refractivity contribution in [2.45, 2.75) is 32.8 Å². The fourth-order valence-electron chi connectivity index (χ4n) is 2.20. The van der Waals surface area contributed by atoms with Gasteiger partial charge in [0.2, 0.25) is 0 Å². The third-order valence-corrected chi connectivity index (χ3v) is 4.04. The molecule has 136 valence electrons. The maximum Gasteiger partial charge on any atom is 0.331 e. The number of hydrogen-bond acceptors (Lipinski definition) is 3. The number of carbonyl (C=O) groups is 2. The molecule has 2 aromatic rings. The largest absolute Gasteiger partial charge is 0.449 e. The van der Waals surface area contributed by atoms with Crippen LogP contribution in [0.2, 0.25) is 5.02 Å². The number of hydrogen-bond donors (Lipinski definition) is 1. The Balaban J connectivity index is 1.87. The molecule has 0 heterocycles. The van der Waals surface area contributed by atoms with E-state index in [0.717, 1.165) is 5.56 Å². The number of benzene rings is 2. The normalized spacial score (nSPS) is 12.2. The highest BCUT2D eigenvalue weighted by atomic mass is 35.5. The Hall–Kier alpha value is -2.59. The molecule has 0 bridgehead atoms. The minimum atomic E-state index is -0.911. The van der Waals surface area contributed by atoms with E-state index in [2.05, 4.69) is 19.2 Å². The molecule has 0 aliphatic carbocycles. The van der Waals surface area contributed by atoms with Crippen molar-refractivity contribution in [1.82, 2.24) is 0 Å². The van der Waals surface area contributed by atoms with Crippen molar-refractivity contribution in [1.29, 1.82) is 0 Å². The van der Waals surface area contributed by atoms with E-state index in [1.54, 1.807) is 30.3 Å². The van der Waals surface area contributed by atoms with Crippen molar-refractivity contribution in [2.75, 3.05) is 5.32 Å². The topological polar surface area (TPSA) is 55.4 Å². The van der Waals surface area contributed by atoms with Crippen molar-refractivity contribution in [3.05, 3.63) is 70.8 Å². The third kappa shape index (κ3) is 6.05. The van der Waals surface area contributed by atoms with E-state index in [1.165, 1.54) is 18.6 Å². The van der Waals surface area contributed by atoms with Crippen LogP contribution in [0.5, 0.6) is 0 Å². The quantitative estimate of drug-likeness (QED) is 0.571. The molecule has 1 N–H and O–H groups in total. The summed E-state index contributed by atoms with van der Waals surface area (Å²) in [6, 6.07) is 14.6. The number of rotatable bonds is 6. The highest BCUT2D eigenvalue weighted by Crippen LogP contribution is 2.16. The monoisotopic (exact) mass is 371 g/mol. The van der Waals surface area contributed by atoms with Crippen molar-refractivity contribution in [3.8, 4) is 0 Å². The van der Waals surface area contributed by atoms with Crippen LogP contribution in [-0.4, -0.2) is 18.0 Å². The highest BCUT2D eigenvalue weighted by molar-refractivity contribution is 6.30. The zero-order chi connectivity index (χ0) is 19.1. The van der Waals surface area contributed by atoms with Crippen molar-refractivity contribution in [2.24, 2.45) is 0 Å². The second-order valence-electron chi connectivity index (χ2n) is 6.23. The maximum atomic E-state index is 12.1. The second kappa shape index (κ2) is 9.20. The number of ether oxygens (including phenoxy) is 1. The number of halogens is 1. The van der Waals surface area contributed by atoms with Crippen LogP contribution >= 0.6 is 11.6 Å². The summed E-state index contributed by atoms with van der Waals surface area (Å²) in [5, 5.41) is 3.24. The molecule has 1 amide bonds. The van der Waals surface area contributed by atoms with Gasteiger partial charge in [0.15, 0.2) is 6.10 Å². The summed E-state index contributed by atoms with van der Waals surface area (Å²) >= 11 is 5.80. The molecule has 2 rings (SSSR count). The van der Waals surface area contributed by atoms with E-state index in [1.807, 2.05) is 24.3 Å². The molecular formula is C21H22ClNO3. The van der Waals surface area contributed by atoms with Gasteiger partial charge in [0.1, 0.15) is 0 Å². The van der Waals surface area contributed by atoms with Crippen molar-refractivity contribution in [3.63, 3.8) is 0 Å². The van der Waals surface area contributed by atoms with Crippen LogP contribution in [0.15, 0.2) is 54.6 Å². The number of amides is 1. The van der Waals surface area contributed by atoms with Crippen LogP contribution in [0.1, 0.15) is 37.8 Å². The molecule has 5 heteroatoms. The van der Waals surface area contributed by atoms with E-state index < -0.39 is 18.0 Å². The van der Waals surface area contributed by atoms with Gasteiger partial charge in [-0.25, -0.2) is 4.79 Å². The van der Waals surface area contributed by atoms with E-state index in [-0.39, 0.29) is 0 Å². The van der Waals surface area contributed by atoms with Crippen molar-refractivity contribution >= 4 is 35.2 Å². The summed E-state index contributed by atoms with van der Waals surface area (Å²) < 4.78 is 5.13. The van der Waals surface area contributed by atoms with Crippen LogP contribution in [0.3, 0.4) is 0 Å². The molecule has 0 saturated heterocycles. The number of anilines is 1. The Morgan fingerprint density at radius 1 is 1.00 bits per heavy atom. The van der Waals surface area contributed by atoms with E-state index in [9.17, 15) is 9.59 Å². The summed E-state index contributed by atoms with van der Waals surface area (Å²) in [5.74, 6) is -0.523. The van der Waals surface area contributed by atoms with E-state index in [4.69, 9.17) is 16.3 Å². The lowest BCUT2D eigenvalue weighted by Crippen LogP contribution is -2.29. The van der Waals surface area contributed by atoms with Crippen LogP contribution in [0, 0.1) is 0 Å². The molecule has 1 atom stereocenters. The molecule has 26 heavy (non-hydrogen) atoms. The zero-order valence-electron chi connectivity index (χ0n) is 15.0. The second-order valence-corrected chi connectivity index (χ2v) is 6.67. The van der Waals surface area contributed by atoms with Crippen LogP contribution < -0.4 is 5.32 Å². The summed E-state index contributed by atoms with van der Waals surface area (Å²) in [6.45, 7) is 5.77. The lowest BCUT2D eigenvalue weighted by molar-refractivity contribution is -0.148. The Labute approximate surface area is 158 Å². The van der Waals surface area contributed by atoms with Gasteiger partial charge in [-0.3, -0.25) is 4.79 Å². The predicted molar refractivity (Wildman–Crippen MR) is 105 cm³/mol. The SMILES string of the molecule is CC(C)c1ccc(/C=C/C(=O)O[C@@H](C)C(=O)Nc2ccc(Cl)cc2)cc1. The minimum absolute atomic E-state index is 0.407. The highest BCUT2D eigenvalue weighted by Gasteiger charge is 2.16. The molecule has 0 aliphatic heterocycles. The van der Waals surface area contributed by atoms with Crippen molar-refractivity contribution < 1.29 is 14.3 Å². The Kier molecular flexibility index (Phi) is 6.98.